The van der Waals surface area contributed by atoms with Gasteiger partial charge in [0.2, 0.25) is 0 Å². The van der Waals surface area contributed by atoms with E-state index in [1.54, 1.807) is 0 Å². The highest BCUT2D eigenvalue weighted by atomic mass is 16.5. The van der Waals surface area contributed by atoms with Crippen molar-refractivity contribution in [3.63, 3.8) is 0 Å². The SMILES string of the molecule is c1ccc(C(N2CCOCC2)n2ccc3ccccc32)cc1. The van der Waals surface area contributed by atoms with Crippen LogP contribution in [0.2, 0.25) is 0 Å². The number of morpholine rings is 1. The molecule has 2 aromatic carbocycles. The average molecular weight is 292 g/mol. The van der Waals surface area contributed by atoms with Gasteiger partial charge < -0.3 is 9.30 Å². The van der Waals surface area contributed by atoms with Crippen LogP contribution in [-0.2, 0) is 4.74 Å². The Morgan fingerprint density at radius 1 is 0.818 bits per heavy atom. The van der Waals surface area contributed by atoms with E-state index in [4.69, 9.17) is 4.74 Å². The molecule has 0 bridgehead atoms. The molecule has 22 heavy (non-hydrogen) atoms. The maximum Gasteiger partial charge on any atom is 0.113 e. The third kappa shape index (κ3) is 2.43. The van der Waals surface area contributed by atoms with Crippen LogP contribution in [0, 0.1) is 0 Å². The molecule has 1 aliphatic heterocycles. The van der Waals surface area contributed by atoms with Gasteiger partial charge in [-0.25, -0.2) is 0 Å². The fourth-order valence-electron chi connectivity index (χ4n) is 3.31. The molecule has 112 valence electrons. The number of rotatable bonds is 3. The lowest BCUT2D eigenvalue weighted by atomic mass is 10.1. The normalized spacial score (nSPS) is 17.6. The molecule has 1 atom stereocenters. The van der Waals surface area contributed by atoms with Gasteiger partial charge in [0, 0.05) is 24.8 Å². The van der Waals surface area contributed by atoms with Gasteiger partial charge in [0.05, 0.1) is 13.2 Å². The van der Waals surface area contributed by atoms with Gasteiger partial charge >= 0.3 is 0 Å². The van der Waals surface area contributed by atoms with Gasteiger partial charge in [-0.2, -0.15) is 0 Å². The zero-order chi connectivity index (χ0) is 14.8. The van der Waals surface area contributed by atoms with E-state index in [1.807, 2.05) is 0 Å². The molecule has 0 saturated carbocycles. The summed E-state index contributed by atoms with van der Waals surface area (Å²) in [6.45, 7) is 3.54. The van der Waals surface area contributed by atoms with Crippen LogP contribution in [0.3, 0.4) is 0 Å². The van der Waals surface area contributed by atoms with E-state index in [0.717, 1.165) is 26.3 Å². The summed E-state index contributed by atoms with van der Waals surface area (Å²) < 4.78 is 7.92. The summed E-state index contributed by atoms with van der Waals surface area (Å²) in [5, 5.41) is 1.29. The Hall–Kier alpha value is -2.10. The maximum absolute atomic E-state index is 5.54. The number of hydrogen-bond donors (Lipinski definition) is 0. The van der Waals surface area contributed by atoms with Crippen LogP contribution >= 0.6 is 0 Å². The summed E-state index contributed by atoms with van der Waals surface area (Å²) in [4.78, 5) is 2.51. The lowest BCUT2D eigenvalue weighted by molar-refractivity contribution is 0.0104. The molecule has 1 saturated heterocycles. The van der Waals surface area contributed by atoms with Gasteiger partial charge in [0.15, 0.2) is 0 Å². The summed E-state index contributed by atoms with van der Waals surface area (Å²) >= 11 is 0. The minimum absolute atomic E-state index is 0.227. The van der Waals surface area contributed by atoms with Gasteiger partial charge in [-0.1, -0.05) is 48.5 Å². The molecule has 3 heteroatoms. The standard InChI is InChI=1S/C19H20N2O/c1-2-7-17(8-3-1)19(20-12-14-22-15-13-20)21-11-10-16-6-4-5-9-18(16)21/h1-11,19H,12-15H2. The van der Waals surface area contributed by atoms with Gasteiger partial charge in [-0.15, -0.1) is 0 Å². The highest BCUT2D eigenvalue weighted by Crippen LogP contribution is 2.28. The summed E-state index contributed by atoms with van der Waals surface area (Å²) in [6, 6.07) is 21.5. The molecule has 4 rings (SSSR count). The molecule has 0 N–H and O–H groups in total. The first-order valence-electron chi connectivity index (χ1n) is 7.86. The number of benzene rings is 2. The fourth-order valence-corrected chi connectivity index (χ4v) is 3.31. The largest absolute Gasteiger partial charge is 0.379 e. The molecule has 1 aromatic heterocycles. The van der Waals surface area contributed by atoms with Crippen LogP contribution in [0.25, 0.3) is 10.9 Å². The van der Waals surface area contributed by atoms with Gasteiger partial charge in [0.1, 0.15) is 6.17 Å². The lowest BCUT2D eigenvalue weighted by Gasteiger charge is -2.36. The van der Waals surface area contributed by atoms with E-state index in [1.165, 1.54) is 16.5 Å². The lowest BCUT2D eigenvalue weighted by Crippen LogP contribution is -2.41. The molecule has 0 radical (unpaired) electrons. The average Bonchev–Trinajstić information content (AvgIpc) is 3.01. The van der Waals surface area contributed by atoms with Crippen molar-refractivity contribution in [2.45, 2.75) is 6.17 Å². The Morgan fingerprint density at radius 2 is 1.55 bits per heavy atom. The second-order valence-electron chi connectivity index (χ2n) is 5.71. The Morgan fingerprint density at radius 3 is 2.36 bits per heavy atom. The van der Waals surface area contributed by atoms with E-state index in [9.17, 15) is 0 Å². The summed E-state index contributed by atoms with van der Waals surface area (Å²) in [7, 11) is 0. The van der Waals surface area contributed by atoms with Gasteiger partial charge in [-0.05, 0) is 23.1 Å². The zero-order valence-corrected chi connectivity index (χ0v) is 12.6. The predicted octanol–water partition coefficient (Wildman–Crippen LogP) is 3.52. The number of para-hydroxylation sites is 1. The first kappa shape index (κ1) is 13.6. The number of hydrogen-bond acceptors (Lipinski definition) is 2. The predicted molar refractivity (Wildman–Crippen MR) is 88.9 cm³/mol. The molecule has 2 heterocycles. The number of nitrogens with zero attached hydrogens (tertiary/aromatic N) is 2. The number of aromatic nitrogens is 1. The molecule has 1 unspecified atom stereocenters. The van der Waals surface area contributed by atoms with Crippen molar-refractivity contribution in [3.05, 3.63) is 72.4 Å². The van der Waals surface area contributed by atoms with Crippen molar-refractivity contribution < 1.29 is 4.74 Å². The van der Waals surface area contributed by atoms with Crippen LogP contribution in [0.1, 0.15) is 11.7 Å². The second kappa shape index (κ2) is 5.95. The minimum Gasteiger partial charge on any atom is -0.379 e. The highest BCUT2D eigenvalue weighted by molar-refractivity contribution is 5.80. The second-order valence-corrected chi connectivity index (χ2v) is 5.71. The molecule has 1 aliphatic rings. The summed E-state index contributed by atoms with van der Waals surface area (Å²) in [5.41, 5.74) is 2.61. The Bertz CT molecular complexity index is 744. The number of fused-ring (bicyclic) bond motifs is 1. The Labute approximate surface area is 130 Å². The quantitative estimate of drug-likeness (QED) is 0.735. The minimum atomic E-state index is 0.227. The number of ether oxygens (including phenoxy) is 1. The van der Waals surface area contributed by atoms with Gasteiger partial charge in [0.25, 0.3) is 0 Å². The highest BCUT2D eigenvalue weighted by Gasteiger charge is 2.24. The van der Waals surface area contributed by atoms with Crippen LogP contribution in [0.4, 0.5) is 0 Å². The zero-order valence-electron chi connectivity index (χ0n) is 12.6. The van der Waals surface area contributed by atoms with Crippen LogP contribution < -0.4 is 0 Å². The van der Waals surface area contributed by atoms with Gasteiger partial charge in [-0.3, -0.25) is 4.90 Å². The van der Waals surface area contributed by atoms with Crippen molar-refractivity contribution in [1.82, 2.24) is 9.47 Å². The molecular weight excluding hydrogens is 272 g/mol. The first-order chi connectivity index (χ1) is 10.9. The van der Waals surface area contributed by atoms with Crippen molar-refractivity contribution in [1.29, 1.82) is 0 Å². The summed E-state index contributed by atoms with van der Waals surface area (Å²) in [5.74, 6) is 0. The van der Waals surface area contributed by atoms with Crippen molar-refractivity contribution in [3.8, 4) is 0 Å². The summed E-state index contributed by atoms with van der Waals surface area (Å²) in [6.07, 6.45) is 2.43. The molecular formula is C19H20N2O. The van der Waals surface area contributed by atoms with Crippen molar-refractivity contribution in [2.75, 3.05) is 26.3 Å². The molecule has 3 aromatic rings. The van der Waals surface area contributed by atoms with Crippen molar-refractivity contribution >= 4 is 10.9 Å². The smallest absolute Gasteiger partial charge is 0.113 e. The van der Waals surface area contributed by atoms with E-state index in [-0.39, 0.29) is 6.17 Å². The molecule has 1 fully saturated rings. The van der Waals surface area contributed by atoms with Crippen LogP contribution in [-0.4, -0.2) is 35.8 Å². The van der Waals surface area contributed by atoms with E-state index in [2.05, 4.69) is 76.3 Å². The molecule has 0 aliphatic carbocycles. The monoisotopic (exact) mass is 292 g/mol. The van der Waals surface area contributed by atoms with Crippen LogP contribution in [0.5, 0.6) is 0 Å². The fraction of sp³-hybridized carbons (Fsp3) is 0.263. The molecule has 0 amide bonds. The Balaban J connectivity index is 1.83. The third-order valence-corrected chi connectivity index (χ3v) is 4.38. The van der Waals surface area contributed by atoms with E-state index >= 15 is 0 Å². The molecule has 0 spiro atoms. The van der Waals surface area contributed by atoms with E-state index in [0.29, 0.717) is 0 Å². The van der Waals surface area contributed by atoms with Crippen molar-refractivity contribution in [2.24, 2.45) is 0 Å². The maximum atomic E-state index is 5.54. The molecule has 3 nitrogen and oxygen atoms in total. The third-order valence-electron chi connectivity index (χ3n) is 4.38. The van der Waals surface area contributed by atoms with E-state index < -0.39 is 0 Å². The first-order valence-corrected chi connectivity index (χ1v) is 7.86. The topological polar surface area (TPSA) is 17.4 Å². The van der Waals surface area contributed by atoms with Crippen LogP contribution in [0.15, 0.2) is 66.9 Å². The Kier molecular flexibility index (Phi) is 3.67.